The van der Waals surface area contributed by atoms with Gasteiger partial charge in [-0.2, -0.15) is 5.10 Å². The normalized spacial score (nSPS) is 17.9. The molecule has 7 heteroatoms. The van der Waals surface area contributed by atoms with Gasteiger partial charge in [0.1, 0.15) is 11.7 Å². The zero-order valence-corrected chi connectivity index (χ0v) is 23.4. The van der Waals surface area contributed by atoms with Crippen LogP contribution in [-0.4, -0.2) is 34.7 Å². The Morgan fingerprint density at radius 1 is 1.02 bits per heavy atom. The number of aliphatic hydroxyl groups excluding tert-OH is 1. The number of ketones is 1. The number of carbonyl (C=O) groups excluding carboxylic acids is 2. The topological polar surface area (TPSA) is 101 Å². The number of esters is 1. The van der Waals surface area contributed by atoms with Crippen LogP contribution in [0, 0.1) is 26.7 Å². The number of ether oxygens (including phenoxy) is 1. The summed E-state index contributed by atoms with van der Waals surface area (Å²) >= 11 is 0. The number of allylic oxidation sites excluding steroid dienone is 1. The predicted octanol–water partition coefficient (Wildman–Crippen LogP) is 6.85. The van der Waals surface area contributed by atoms with Crippen molar-refractivity contribution in [3.05, 3.63) is 94.2 Å². The highest BCUT2D eigenvalue weighted by Gasteiger charge is 2.44. The van der Waals surface area contributed by atoms with Crippen LogP contribution < -0.4 is 5.43 Å². The average Bonchev–Trinajstić information content (AvgIpc) is 2.93. The first-order valence-corrected chi connectivity index (χ1v) is 13.5. The number of methoxy groups -OCH3 is 1. The lowest BCUT2D eigenvalue weighted by Gasteiger charge is -2.32. The second-order valence-corrected chi connectivity index (χ2v) is 10.4. The van der Waals surface area contributed by atoms with Gasteiger partial charge >= 0.3 is 5.97 Å². The summed E-state index contributed by atoms with van der Waals surface area (Å²) < 4.78 is 5.12. The van der Waals surface area contributed by atoms with Crippen LogP contribution in [0.1, 0.15) is 47.9 Å². The molecule has 0 saturated heterocycles. The molecule has 0 bridgehead atoms. The summed E-state index contributed by atoms with van der Waals surface area (Å²) in [7, 11) is 1.30. The molecule has 1 aliphatic rings. The first kappa shape index (κ1) is 27.1. The second kappa shape index (κ2) is 10.9. The number of para-hydroxylation sites is 1. The quantitative estimate of drug-likeness (QED) is 0.121. The first-order chi connectivity index (χ1) is 19.2. The maximum absolute atomic E-state index is 13.6. The van der Waals surface area contributed by atoms with Crippen molar-refractivity contribution in [3.8, 4) is 0 Å². The number of Topliss-reactive ketones (excluding diaryl/α,β-unsaturated/α-hetero) is 1. The number of aliphatic hydroxyl groups is 1. The number of carbonyl (C=O) groups is 2. The monoisotopic (exact) mass is 535 g/mol. The summed E-state index contributed by atoms with van der Waals surface area (Å²) in [4.78, 5) is 31.5. The van der Waals surface area contributed by atoms with E-state index in [0.29, 0.717) is 18.0 Å². The van der Waals surface area contributed by atoms with E-state index in [1.54, 1.807) is 0 Å². The molecule has 2 unspecified atom stereocenters. The Bertz CT molecular complexity index is 1700. The number of anilines is 1. The molecular formula is C33H33N3O4. The van der Waals surface area contributed by atoms with Gasteiger partial charge in [0.05, 0.1) is 23.9 Å². The number of nitrogens with zero attached hydrogens (tertiary/aromatic N) is 2. The van der Waals surface area contributed by atoms with Gasteiger partial charge in [0.2, 0.25) is 0 Å². The molecule has 2 N–H and O–H groups in total. The summed E-state index contributed by atoms with van der Waals surface area (Å²) in [6, 6.07) is 19.8. The van der Waals surface area contributed by atoms with E-state index >= 15 is 0 Å². The molecule has 204 valence electrons. The largest absolute Gasteiger partial charge is 0.511 e. The Morgan fingerprint density at radius 2 is 1.65 bits per heavy atom. The Morgan fingerprint density at radius 3 is 2.30 bits per heavy atom. The number of aryl methyl sites for hydroxylation is 3. The molecule has 2 atom stereocenters. The highest BCUT2D eigenvalue weighted by atomic mass is 16.5. The van der Waals surface area contributed by atoms with Crippen molar-refractivity contribution in [1.82, 2.24) is 4.98 Å². The van der Waals surface area contributed by atoms with E-state index in [1.807, 2.05) is 88.4 Å². The van der Waals surface area contributed by atoms with E-state index in [2.05, 4.69) is 10.5 Å². The van der Waals surface area contributed by atoms with E-state index in [4.69, 9.17) is 9.72 Å². The summed E-state index contributed by atoms with van der Waals surface area (Å²) in [6.07, 6.45) is 0.408. The van der Waals surface area contributed by atoms with Crippen LogP contribution in [0.5, 0.6) is 0 Å². The fourth-order valence-corrected chi connectivity index (χ4v) is 6.09. The molecule has 0 amide bonds. The number of fused-ring (bicyclic) bond motifs is 3. The van der Waals surface area contributed by atoms with Crippen LogP contribution in [0.3, 0.4) is 0 Å². The van der Waals surface area contributed by atoms with Gasteiger partial charge in [-0.3, -0.25) is 15.0 Å². The maximum Gasteiger partial charge on any atom is 0.317 e. The molecule has 1 aliphatic carbocycles. The number of aromatic nitrogens is 1. The summed E-state index contributed by atoms with van der Waals surface area (Å²) in [5.41, 5.74) is 8.21. The Hall–Kier alpha value is -4.52. The van der Waals surface area contributed by atoms with Crippen molar-refractivity contribution in [2.24, 2.45) is 11.0 Å². The number of hydrazone groups is 1. The Balaban J connectivity index is 1.60. The molecule has 0 spiro atoms. The molecule has 0 radical (unpaired) electrons. The van der Waals surface area contributed by atoms with E-state index in [1.165, 1.54) is 7.11 Å². The van der Waals surface area contributed by atoms with E-state index in [0.717, 1.165) is 43.9 Å². The third kappa shape index (κ3) is 4.72. The minimum Gasteiger partial charge on any atom is -0.511 e. The SMILES string of the molecule is CC/C(=N\Nc1nc2ccccc2c2ccccc12)C1=C(O)C(C(=O)OC)C(c2c(C)cc(C)cc2C)CC1=O. The maximum atomic E-state index is 13.6. The van der Waals surface area contributed by atoms with E-state index < -0.39 is 17.8 Å². The van der Waals surface area contributed by atoms with Crippen molar-refractivity contribution in [1.29, 1.82) is 0 Å². The van der Waals surface area contributed by atoms with Gasteiger partial charge in [-0.25, -0.2) is 4.98 Å². The van der Waals surface area contributed by atoms with Gasteiger partial charge in [0, 0.05) is 23.1 Å². The van der Waals surface area contributed by atoms with Crippen molar-refractivity contribution in [2.75, 3.05) is 12.5 Å². The summed E-state index contributed by atoms with van der Waals surface area (Å²) in [6.45, 7) is 7.80. The third-order valence-electron chi connectivity index (χ3n) is 7.73. The molecule has 4 aromatic rings. The molecule has 3 aromatic carbocycles. The molecule has 0 aliphatic heterocycles. The standard InChI is InChI=1S/C33H33N3O4/c1-6-25(35-36-32-23-13-8-7-11-21(23)22-12-9-10-14-26(22)34-32)30-27(37)17-24(29(31(30)38)33(39)40-5)28-19(3)15-18(2)16-20(28)4/h7-16,24,29,38H,6,17H2,1-5H3,(H,34,36)/b35-25+. The third-order valence-corrected chi connectivity index (χ3v) is 7.73. The van der Waals surface area contributed by atoms with Gasteiger partial charge in [-0.05, 0) is 55.3 Å². The van der Waals surface area contributed by atoms with Gasteiger partial charge in [0.15, 0.2) is 11.6 Å². The van der Waals surface area contributed by atoms with Crippen molar-refractivity contribution < 1.29 is 19.4 Å². The van der Waals surface area contributed by atoms with Crippen LogP contribution >= 0.6 is 0 Å². The lowest BCUT2D eigenvalue weighted by molar-refractivity contribution is -0.146. The zero-order valence-electron chi connectivity index (χ0n) is 23.4. The molecule has 7 nitrogen and oxygen atoms in total. The number of pyridine rings is 1. The van der Waals surface area contributed by atoms with Crippen LogP contribution in [0.4, 0.5) is 5.82 Å². The molecule has 0 fully saturated rings. The highest BCUT2D eigenvalue weighted by Crippen LogP contribution is 2.43. The number of hydrogen-bond donors (Lipinski definition) is 2. The van der Waals surface area contributed by atoms with Crippen molar-refractivity contribution >= 4 is 45.0 Å². The zero-order chi connectivity index (χ0) is 28.6. The Labute approximate surface area is 233 Å². The lowest BCUT2D eigenvalue weighted by Crippen LogP contribution is -2.36. The van der Waals surface area contributed by atoms with Crippen molar-refractivity contribution in [2.45, 2.75) is 46.5 Å². The second-order valence-electron chi connectivity index (χ2n) is 10.4. The first-order valence-electron chi connectivity index (χ1n) is 13.5. The summed E-state index contributed by atoms with van der Waals surface area (Å²) in [5.74, 6) is -2.17. The fraction of sp³-hybridized carbons (Fsp3) is 0.273. The highest BCUT2D eigenvalue weighted by molar-refractivity contribution is 6.24. The van der Waals surface area contributed by atoms with Crippen LogP contribution in [0.25, 0.3) is 21.7 Å². The lowest BCUT2D eigenvalue weighted by atomic mass is 9.71. The van der Waals surface area contributed by atoms with E-state index in [-0.39, 0.29) is 23.5 Å². The molecule has 0 saturated carbocycles. The number of benzene rings is 3. The number of nitrogens with one attached hydrogen (secondary N) is 1. The summed E-state index contributed by atoms with van der Waals surface area (Å²) in [5, 5.41) is 19.0. The molecule has 1 heterocycles. The molecule has 40 heavy (non-hydrogen) atoms. The van der Waals surface area contributed by atoms with Gasteiger partial charge in [0.25, 0.3) is 0 Å². The fourth-order valence-electron chi connectivity index (χ4n) is 6.09. The Kier molecular flexibility index (Phi) is 7.39. The number of hydrogen-bond acceptors (Lipinski definition) is 7. The van der Waals surface area contributed by atoms with Gasteiger partial charge in [-0.15, -0.1) is 0 Å². The van der Waals surface area contributed by atoms with Crippen LogP contribution in [-0.2, 0) is 14.3 Å². The van der Waals surface area contributed by atoms with Crippen LogP contribution in [0.15, 0.2) is 77.1 Å². The van der Waals surface area contributed by atoms with Crippen LogP contribution in [0.2, 0.25) is 0 Å². The van der Waals surface area contributed by atoms with Gasteiger partial charge in [-0.1, -0.05) is 67.1 Å². The molecule has 1 aromatic heterocycles. The minimum atomic E-state index is -1.02. The molecular weight excluding hydrogens is 502 g/mol. The average molecular weight is 536 g/mol. The van der Waals surface area contributed by atoms with E-state index in [9.17, 15) is 14.7 Å². The number of rotatable bonds is 6. The minimum absolute atomic E-state index is 0.0556. The molecule has 5 rings (SSSR count). The van der Waals surface area contributed by atoms with Crippen molar-refractivity contribution in [3.63, 3.8) is 0 Å². The predicted molar refractivity (Wildman–Crippen MR) is 159 cm³/mol. The van der Waals surface area contributed by atoms with Gasteiger partial charge < -0.3 is 9.84 Å². The smallest absolute Gasteiger partial charge is 0.317 e.